The molecule has 0 aliphatic heterocycles. The molecular weight excluding hydrogens is 206 g/mol. The number of nitrogens with zero attached hydrogens (tertiary/aromatic N) is 2. The van der Waals surface area contributed by atoms with Gasteiger partial charge in [-0.15, -0.1) is 10.2 Å². The van der Waals surface area contributed by atoms with Gasteiger partial charge >= 0.3 is 0 Å². The van der Waals surface area contributed by atoms with Gasteiger partial charge in [-0.25, -0.2) is 0 Å². The molecule has 1 aromatic heterocycles. The minimum atomic E-state index is 0.862. The van der Waals surface area contributed by atoms with Crippen molar-refractivity contribution in [1.29, 1.82) is 0 Å². The topological polar surface area (TPSA) is 37.8 Å². The Kier molecular flexibility index (Phi) is 2.97. The molecule has 1 heterocycles. The van der Waals surface area contributed by atoms with Crippen LogP contribution in [0.1, 0.15) is 16.1 Å². The first-order valence-electron chi connectivity index (χ1n) is 4.83. The molecule has 78 valence electrons. The summed E-state index contributed by atoms with van der Waals surface area (Å²) in [7, 11) is 1.86. The quantitative estimate of drug-likeness (QED) is 0.861. The van der Waals surface area contributed by atoms with E-state index in [-0.39, 0.29) is 0 Å². The van der Waals surface area contributed by atoms with Gasteiger partial charge in [-0.3, -0.25) is 0 Å². The van der Waals surface area contributed by atoms with Crippen molar-refractivity contribution in [3.05, 3.63) is 40.4 Å². The molecule has 3 nitrogen and oxygen atoms in total. The van der Waals surface area contributed by atoms with Crippen molar-refractivity contribution in [2.24, 2.45) is 0 Å². The molecule has 0 saturated carbocycles. The van der Waals surface area contributed by atoms with Gasteiger partial charge in [-0.05, 0) is 12.5 Å². The Hall–Kier alpha value is -1.42. The van der Waals surface area contributed by atoms with E-state index in [1.807, 2.05) is 7.05 Å². The summed E-state index contributed by atoms with van der Waals surface area (Å²) in [5.74, 6) is 0. The van der Waals surface area contributed by atoms with Gasteiger partial charge in [0.05, 0.1) is 0 Å². The molecule has 0 unspecified atom stereocenters. The predicted molar refractivity (Wildman–Crippen MR) is 63.4 cm³/mol. The summed E-state index contributed by atoms with van der Waals surface area (Å²) < 4.78 is 0. The van der Waals surface area contributed by atoms with Crippen LogP contribution in [0.3, 0.4) is 0 Å². The number of rotatable bonds is 3. The number of aryl methyl sites for hydroxylation is 1. The van der Waals surface area contributed by atoms with E-state index < -0.39 is 0 Å². The standard InChI is InChI=1S/C11H13N3S/c1-8-4-3-5-9(6-8)7-10-13-14-11(12-2)15-10/h3-6H,7H2,1-2H3,(H,12,14). The maximum Gasteiger partial charge on any atom is 0.205 e. The largest absolute Gasteiger partial charge is 0.363 e. The van der Waals surface area contributed by atoms with Crippen LogP contribution < -0.4 is 5.32 Å². The van der Waals surface area contributed by atoms with E-state index in [2.05, 4.69) is 46.7 Å². The van der Waals surface area contributed by atoms with Gasteiger partial charge in [0.25, 0.3) is 0 Å². The van der Waals surface area contributed by atoms with Crippen LogP contribution in [0.4, 0.5) is 5.13 Å². The number of nitrogens with one attached hydrogen (secondary N) is 1. The van der Waals surface area contributed by atoms with E-state index in [1.165, 1.54) is 11.1 Å². The Morgan fingerprint density at radius 1 is 1.33 bits per heavy atom. The highest BCUT2D eigenvalue weighted by molar-refractivity contribution is 7.15. The average molecular weight is 219 g/mol. The van der Waals surface area contributed by atoms with Crippen LogP contribution >= 0.6 is 11.3 Å². The van der Waals surface area contributed by atoms with Crippen molar-refractivity contribution in [1.82, 2.24) is 10.2 Å². The molecule has 0 saturated heterocycles. The van der Waals surface area contributed by atoms with E-state index >= 15 is 0 Å². The minimum absolute atomic E-state index is 0.862. The van der Waals surface area contributed by atoms with Gasteiger partial charge in [0, 0.05) is 13.5 Å². The maximum absolute atomic E-state index is 4.12. The molecule has 0 aliphatic rings. The lowest BCUT2D eigenvalue weighted by atomic mass is 10.1. The summed E-state index contributed by atoms with van der Waals surface area (Å²) in [6.07, 6.45) is 0.862. The third kappa shape index (κ3) is 2.53. The lowest BCUT2D eigenvalue weighted by Gasteiger charge is -1.98. The van der Waals surface area contributed by atoms with Gasteiger partial charge in [0.15, 0.2) is 0 Å². The van der Waals surface area contributed by atoms with Crippen LogP contribution in [0.15, 0.2) is 24.3 Å². The fraction of sp³-hybridized carbons (Fsp3) is 0.273. The zero-order chi connectivity index (χ0) is 10.7. The van der Waals surface area contributed by atoms with Crippen LogP contribution in [0.2, 0.25) is 0 Å². The molecule has 15 heavy (non-hydrogen) atoms. The Bertz CT molecular complexity index is 451. The first-order valence-corrected chi connectivity index (χ1v) is 5.65. The molecule has 1 N–H and O–H groups in total. The van der Waals surface area contributed by atoms with Crippen LogP contribution in [-0.2, 0) is 6.42 Å². The molecule has 0 atom stereocenters. The monoisotopic (exact) mass is 219 g/mol. The molecule has 2 rings (SSSR count). The van der Waals surface area contributed by atoms with Crippen molar-refractivity contribution >= 4 is 16.5 Å². The molecule has 0 radical (unpaired) electrons. The second kappa shape index (κ2) is 4.40. The maximum atomic E-state index is 4.12. The highest BCUT2D eigenvalue weighted by Crippen LogP contribution is 2.18. The van der Waals surface area contributed by atoms with Crippen molar-refractivity contribution in [2.75, 3.05) is 12.4 Å². The lowest BCUT2D eigenvalue weighted by Crippen LogP contribution is -1.87. The van der Waals surface area contributed by atoms with Crippen LogP contribution in [0, 0.1) is 6.92 Å². The third-order valence-corrected chi connectivity index (χ3v) is 3.06. The minimum Gasteiger partial charge on any atom is -0.363 e. The Morgan fingerprint density at radius 2 is 2.20 bits per heavy atom. The highest BCUT2D eigenvalue weighted by atomic mass is 32.1. The summed E-state index contributed by atoms with van der Waals surface area (Å²) in [6.45, 7) is 2.10. The fourth-order valence-corrected chi connectivity index (χ4v) is 2.15. The van der Waals surface area contributed by atoms with Gasteiger partial charge in [-0.2, -0.15) is 0 Å². The number of benzene rings is 1. The Labute approximate surface area is 93.2 Å². The van der Waals surface area contributed by atoms with E-state index in [0.29, 0.717) is 0 Å². The zero-order valence-corrected chi connectivity index (χ0v) is 9.64. The first kappa shape index (κ1) is 10.1. The fourth-order valence-electron chi connectivity index (χ4n) is 1.42. The summed E-state index contributed by atoms with van der Waals surface area (Å²) in [4.78, 5) is 0. The predicted octanol–water partition coefficient (Wildman–Crippen LogP) is 2.48. The summed E-state index contributed by atoms with van der Waals surface area (Å²) in [6, 6.07) is 8.47. The van der Waals surface area contributed by atoms with Gasteiger partial charge in [-0.1, -0.05) is 41.2 Å². The van der Waals surface area contributed by atoms with Crippen molar-refractivity contribution in [3.63, 3.8) is 0 Å². The van der Waals surface area contributed by atoms with E-state index in [4.69, 9.17) is 0 Å². The molecule has 4 heteroatoms. The summed E-state index contributed by atoms with van der Waals surface area (Å²) in [5, 5.41) is 13.0. The second-order valence-electron chi connectivity index (χ2n) is 3.42. The van der Waals surface area contributed by atoms with Crippen molar-refractivity contribution in [2.45, 2.75) is 13.3 Å². The Balaban J connectivity index is 2.14. The molecule has 0 spiro atoms. The van der Waals surface area contributed by atoms with Gasteiger partial charge < -0.3 is 5.32 Å². The molecule has 1 aromatic carbocycles. The zero-order valence-electron chi connectivity index (χ0n) is 8.82. The first-order chi connectivity index (χ1) is 7.28. The smallest absolute Gasteiger partial charge is 0.205 e. The molecule has 2 aromatic rings. The highest BCUT2D eigenvalue weighted by Gasteiger charge is 2.03. The van der Waals surface area contributed by atoms with Crippen LogP contribution in [0.25, 0.3) is 0 Å². The third-order valence-electron chi connectivity index (χ3n) is 2.12. The summed E-state index contributed by atoms with van der Waals surface area (Å²) >= 11 is 1.60. The molecule has 0 bridgehead atoms. The van der Waals surface area contributed by atoms with Gasteiger partial charge in [0.1, 0.15) is 5.01 Å². The van der Waals surface area contributed by atoms with Crippen LogP contribution in [0.5, 0.6) is 0 Å². The van der Waals surface area contributed by atoms with E-state index in [1.54, 1.807) is 11.3 Å². The van der Waals surface area contributed by atoms with Crippen molar-refractivity contribution < 1.29 is 0 Å². The van der Waals surface area contributed by atoms with Gasteiger partial charge in [0.2, 0.25) is 5.13 Å². The normalized spacial score (nSPS) is 10.3. The molecule has 0 fully saturated rings. The van der Waals surface area contributed by atoms with E-state index in [0.717, 1.165) is 16.6 Å². The Morgan fingerprint density at radius 3 is 2.87 bits per heavy atom. The van der Waals surface area contributed by atoms with Crippen molar-refractivity contribution in [3.8, 4) is 0 Å². The van der Waals surface area contributed by atoms with E-state index in [9.17, 15) is 0 Å². The molecular formula is C11H13N3S. The molecule has 0 amide bonds. The number of aromatic nitrogens is 2. The SMILES string of the molecule is CNc1nnc(Cc2cccc(C)c2)s1. The number of hydrogen-bond donors (Lipinski definition) is 1. The number of anilines is 1. The molecule has 0 aliphatic carbocycles. The second-order valence-corrected chi connectivity index (χ2v) is 4.48. The number of hydrogen-bond acceptors (Lipinski definition) is 4. The average Bonchev–Trinajstić information content (AvgIpc) is 2.65. The van der Waals surface area contributed by atoms with Crippen LogP contribution in [-0.4, -0.2) is 17.2 Å². The lowest BCUT2D eigenvalue weighted by molar-refractivity contribution is 1.00. The summed E-state index contributed by atoms with van der Waals surface area (Å²) in [5.41, 5.74) is 2.57.